The molecule has 0 heterocycles. The third-order valence-electron chi connectivity index (χ3n) is 4.12. The Balaban J connectivity index is 2.03. The van der Waals surface area contributed by atoms with E-state index in [9.17, 15) is 22.0 Å². The largest absolute Gasteiger partial charge is 0.456 e. The van der Waals surface area contributed by atoms with Gasteiger partial charge in [0.25, 0.3) is 5.91 Å². The van der Waals surface area contributed by atoms with Gasteiger partial charge in [-0.3, -0.25) is 4.79 Å². The SMILES string of the molecule is Cc1cc(F)ccc1Oc1cc(Cl)c(Cl)cc1C(=O)Nc1ccc(F)cc1S(N)(=O)=O. The molecule has 0 saturated heterocycles. The van der Waals surface area contributed by atoms with Crippen LogP contribution in [0, 0.1) is 18.6 Å². The zero-order valence-electron chi connectivity index (χ0n) is 15.7. The van der Waals surface area contributed by atoms with Gasteiger partial charge in [-0.15, -0.1) is 0 Å². The smallest absolute Gasteiger partial charge is 0.259 e. The van der Waals surface area contributed by atoms with Crippen molar-refractivity contribution in [1.82, 2.24) is 0 Å². The van der Waals surface area contributed by atoms with Crippen LogP contribution in [0.25, 0.3) is 0 Å². The Hall–Kier alpha value is -2.72. The van der Waals surface area contributed by atoms with Gasteiger partial charge in [-0.2, -0.15) is 0 Å². The highest BCUT2D eigenvalue weighted by Gasteiger charge is 2.21. The number of aryl methyl sites for hydroxylation is 1. The first-order valence-electron chi connectivity index (χ1n) is 8.52. The number of amides is 1. The van der Waals surface area contributed by atoms with Crippen LogP contribution in [-0.2, 0) is 10.0 Å². The van der Waals surface area contributed by atoms with Crippen molar-refractivity contribution < 1.29 is 26.7 Å². The summed E-state index contributed by atoms with van der Waals surface area (Å²) in [5, 5.41) is 7.57. The molecule has 0 aromatic heterocycles. The molecule has 0 saturated carbocycles. The van der Waals surface area contributed by atoms with Crippen LogP contribution in [0.4, 0.5) is 14.5 Å². The molecule has 3 aromatic carbocycles. The van der Waals surface area contributed by atoms with E-state index in [1.807, 2.05) is 0 Å². The van der Waals surface area contributed by atoms with Crippen molar-refractivity contribution >= 4 is 44.8 Å². The minimum absolute atomic E-state index is 0.0270. The van der Waals surface area contributed by atoms with Gasteiger partial charge in [0.05, 0.1) is 21.3 Å². The van der Waals surface area contributed by atoms with E-state index in [1.165, 1.54) is 30.3 Å². The zero-order chi connectivity index (χ0) is 22.9. The van der Waals surface area contributed by atoms with Crippen molar-refractivity contribution in [2.24, 2.45) is 5.14 Å². The first kappa shape index (κ1) is 23.0. The lowest BCUT2D eigenvalue weighted by atomic mass is 10.1. The Bertz CT molecular complexity index is 1300. The predicted octanol–water partition coefficient (Wildman–Crippen LogP) is 5.27. The van der Waals surface area contributed by atoms with Crippen molar-refractivity contribution in [3.8, 4) is 11.5 Å². The van der Waals surface area contributed by atoms with Crippen molar-refractivity contribution in [3.63, 3.8) is 0 Å². The summed E-state index contributed by atoms with van der Waals surface area (Å²) in [4.78, 5) is 12.3. The fourth-order valence-electron chi connectivity index (χ4n) is 2.66. The lowest BCUT2D eigenvalue weighted by Crippen LogP contribution is -2.19. The standard InChI is InChI=1S/C20H14Cl2F2N2O4S/c1-10-6-11(23)3-5-17(10)30-18-9-15(22)14(21)8-13(18)20(27)26-16-4-2-12(24)7-19(16)31(25,28)29/h2-9H,1H3,(H,26,27)(H2,25,28,29). The van der Waals surface area contributed by atoms with Crippen molar-refractivity contribution in [3.05, 3.63) is 81.3 Å². The minimum Gasteiger partial charge on any atom is -0.456 e. The normalized spacial score (nSPS) is 11.3. The Morgan fingerprint density at radius 1 is 0.968 bits per heavy atom. The predicted molar refractivity (Wildman–Crippen MR) is 113 cm³/mol. The van der Waals surface area contributed by atoms with E-state index in [-0.39, 0.29) is 32.8 Å². The van der Waals surface area contributed by atoms with Crippen molar-refractivity contribution in [1.29, 1.82) is 0 Å². The van der Waals surface area contributed by atoms with Crippen LogP contribution in [-0.4, -0.2) is 14.3 Å². The molecule has 162 valence electrons. The molecule has 3 N–H and O–H groups in total. The summed E-state index contributed by atoms with van der Waals surface area (Å²) in [6.45, 7) is 1.60. The third kappa shape index (κ3) is 5.31. The minimum atomic E-state index is -4.34. The number of nitrogens with one attached hydrogen (secondary N) is 1. The second-order valence-corrected chi connectivity index (χ2v) is 8.76. The number of nitrogens with two attached hydrogens (primary N) is 1. The Morgan fingerprint density at radius 3 is 2.23 bits per heavy atom. The van der Waals surface area contributed by atoms with Gasteiger partial charge >= 0.3 is 0 Å². The van der Waals surface area contributed by atoms with Crippen LogP contribution in [0.3, 0.4) is 0 Å². The summed E-state index contributed by atoms with van der Waals surface area (Å²) in [6.07, 6.45) is 0. The number of carbonyl (C=O) groups is 1. The summed E-state index contributed by atoms with van der Waals surface area (Å²) in [7, 11) is -4.34. The molecule has 0 fully saturated rings. The monoisotopic (exact) mass is 486 g/mol. The van der Waals surface area contributed by atoms with Gasteiger partial charge < -0.3 is 10.1 Å². The second-order valence-electron chi connectivity index (χ2n) is 6.41. The average Bonchev–Trinajstić information content (AvgIpc) is 2.67. The van der Waals surface area contributed by atoms with E-state index >= 15 is 0 Å². The maximum atomic E-state index is 13.5. The number of ether oxygens (including phenoxy) is 1. The van der Waals surface area contributed by atoms with Gasteiger partial charge in [-0.05, 0) is 55.0 Å². The topological polar surface area (TPSA) is 98.5 Å². The van der Waals surface area contributed by atoms with Crippen LogP contribution in [0.5, 0.6) is 11.5 Å². The van der Waals surface area contributed by atoms with Gasteiger partial charge in [-0.1, -0.05) is 23.2 Å². The number of hydrogen-bond donors (Lipinski definition) is 2. The van der Waals surface area contributed by atoms with Crippen LogP contribution in [0.1, 0.15) is 15.9 Å². The molecule has 6 nitrogen and oxygen atoms in total. The molecule has 1 amide bonds. The fourth-order valence-corrected chi connectivity index (χ4v) is 3.68. The van der Waals surface area contributed by atoms with Gasteiger partial charge in [0.2, 0.25) is 10.0 Å². The van der Waals surface area contributed by atoms with E-state index in [1.54, 1.807) is 6.92 Å². The number of rotatable bonds is 5. The molecule has 3 aromatic rings. The highest BCUT2D eigenvalue weighted by molar-refractivity contribution is 7.89. The van der Waals surface area contributed by atoms with Gasteiger partial charge in [0.1, 0.15) is 28.0 Å². The van der Waals surface area contributed by atoms with E-state index < -0.39 is 32.5 Å². The van der Waals surface area contributed by atoms with E-state index in [0.717, 1.165) is 12.1 Å². The fraction of sp³-hybridized carbons (Fsp3) is 0.0500. The van der Waals surface area contributed by atoms with Crippen LogP contribution >= 0.6 is 23.2 Å². The summed E-state index contributed by atoms with van der Waals surface area (Å²) >= 11 is 12.1. The number of primary sulfonamides is 1. The summed E-state index contributed by atoms with van der Waals surface area (Å²) in [5.74, 6) is -1.93. The third-order valence-corrected chi connectivity index (χ3v) is 5.80. The van der Waals surface area contributed by atoms with Gasteiger partial charge in [0.15, 0.2) is 0 Å². The summed E-state index contributed by atoms with van der Waals surface area (Å²) < 4.78 is 56.1. The first-order chi connectivity index (χ1) is 14.5. The molecule has 31 heavy (non-hydrogen) atoms. The molecule has 0 aliphatic rings. The van der Waals surface area contributed by atoms with Crippen LogP contribution in [0.15, 0.2) is 53.4 Å². The molecular formula is C20H14Cl2F2N2O4S. The van der Waals surface area contributed by atoms with E-state index in [4.69, 9.17) is 33.1 Å². The quantitative estimate of drug-likeness (QED) is 0.512. The highest BCUT2D eigenvalue weighted by Crippen LogP contribution is 2.35. The molecule has 3 rings (SSSR count). The molecule has 0 aliphatic carbocycles. The summed E-state index contributed by atoms with van der Waals surface area (Å²) in [6, 6.07) is 8.97. The van der Waals surface area contributed by atoms with Crippen LogP contribution in [0.2, 0.25) is 10.0 Å². The molecule has 0 bridgehead atoms. The van der Waals surface area contributed by atoms with E-state index in [0.29, 0.717) is 11.6 Å². The van der Waals surface area contributed by atoms with Crippen LogP contribution < -0.4 is 15.2 Å². The first-order valence-corrected chi connectivity index (χ1v) is 10.8. The molecule has 0 unspecified atom stereocenters. The maximum absolute atomic E-state index is 13.5. The number of halogens is 4. The Kier molecular flexibility index (Phi) is 6.51. The molecule has 0 spiro atoms. The zero-order valence-corrected chi connectivity index (χ0v) is 18.1. The average molecular weight is 487 g/mol. The summed E-state index contributed by atoms with van der Waals surface area (Å²) in [5.41, 5.74) is 0.0965. The number of anilines is 1. The van der Waals surface area contributed by atoms with Gasteiger partial charge in [0, 0.05) is 6.07 Å². The number of carbonyl (C=O) groups excluding carboxylic acids is 1. The lowest BCUT2D eigenvalue weighted by Gasteiger charge is -2.15. The Labute approximate surface area is 186 Å². The molecule has 0 aliphatic heterocycles. The molecular weight excluding hydrogens is 473 g/mol. The number of benzene rings is 3. The Morgan fingerprint density at radius 2 is 1.58 bits per heavy atom. The van der Waals surface area contributed by atoms with E-state index in [2.05, 4.69) is 5.32 Å². The molecule has 0 radical (unpaired) electrons. The molecule has 11 heteroatoms. The second kappa shape index (κ2) is 8.80. The van der Waals surface area contributed by atoms with Gasteiger partial charge in [-0.25, -0.2) is 22.3 Å². The van der Waals surface area contributed by atoms with Crippen molar-refractivity contribution in [2.45, 2.75) is 11.8 Å². The highest BCUT2D eigenvalue weighted by atomic mass is 35.5. The number of sulfonamides is 1. The lowest BCUT2D eigenvalue weighted by molar-refractivity contribution is 0.102. The molecule has 0 atom stereocenters. The number of hydrogen-bond acceptors (Lipinski definition) is 4. The van der Waals surface area contributed by atoms with Crippen molar-refractivity contribution in [2.75, 3.05) is 5.32 Å². The maximum Gasteiger partial charge on any atom is 0.259 e.